The fraction of sp³-hybridized carbons (Fsp3) is 0.235. The topological polar surface area (TPSA) is 35.5 Å². The molecular formula is C17H18O3. The van der Waals surface area contributed by atoms with Crippen molar-refractivity contribution in [3.05, 3.63) is 65.7 Å². The van der Waals surface area contributed by atoms with Gasteiger partial charge in [0.2, 0.25) is 0 Å². The van der Waals surface area contributed by atoms with Crippen LogP contribution in [0.5, 0.6) is 5.75 Å². The van der Waals surface area contributed by atoms with E-state index < -0.39 is 0 Å². The summed E-state index contributed by atoms with van der Waals surface area (Å²) in [4.78, 5) is 10.0. The monoisotopic (exact) mass is 270 g/mol. The van der Waals surface area contributed by atoms with Crippen LogP contribution in [0, 0.1) is 0 Å². The summed E-state index contributed by atoms with van der Waals surface area (Å²) in [6.07, 6.45) is 1.62. The maximum atomic E-state index is 10.0. The van der Waals surface area contributed by atoms with Gasteiger partial charge in [0.15, 0.2) is 0 Å². The summed E-state index contributed by atoms with van der Waals surface area (Å²) in [5.74, 6) is 0.862. The lowest BCUT2D eigenvalue weighted by atomic mass is 10.1. The third-order valence-corrected chi connectivity index (χ3v) is 3.00. The summed E-state index contributed by atoms with van der Waals surface area (Å²) in [6, 6.07) is 18.1. The lowest BCUT2D eigenvalue weighted by Gasteiger charge is -2.07. The van der Waals surface area contributed by atoms with E-state index in [1.165, 1.54) is 5.56 Å². The van der Waals surface area contributed by atoms with Crippen molar-refractivity contribution in [2.24, 2.45) is 0 Å². The molecule has 0 fully saturated rings. The van der Waals surface area contributed by atoms with Crippen molar-refractivity contribution in [3.63, 3.8) is 0 Å². The molecule has 0 N–H and O–H groups in total. The van der Waals surface area contributed by atoms with E-state index in [9.17, 15) is 4.79 Å². The highest BCUT2D eigenvalue weighted by Gasteiger charge is 1.97. The van der Waals surface area contributed by atoms with Crippen molar-refractivity contribution < 1.29 is 14.3 Å². The van der Waals surface area contributed by atoms with E-state index in [0.29, 0.717) is 19.7 Å². The minimum Gasteiger partial charge on any atom is -0.493 e. The summed E-state index contributed by atoms with van der Waals surface area (Å²) in [5.41, 5.74) is 2.40. The molecule has 0 radical (unpaired) electrons. The molecule has 20 heavy (non-hydrogen) atoms. The fourth-order valence-corrected chi connectivity index (χ4v) is 1.91. The molecule has 0 unspecified atom stereocenters. The van der Waals surface area contributed by atoms with Gasteiger partial charge >= 0.3 is 0 Å². The van der Waals surface area contributed by atoms with Crippen LogP contribution in [-0.4, -0.2) is 19.7 Å². The zero-order chi connectivity index (χ0) is 14.0. The van der Waals surface area contributed by atoms with Gasteiger partial charge in [0, 0.05) is 12.8 Å². The van der Waals surface area contributed by atoms with Gasteiger partial charge in [0.05, 0.1) is 13.2 Å². The van der Waals surface area contributed by atoms with Gasteiger partial charge in [-0.1, -0.05) is 42.5 Å². The Morgan fingerprint density at radius 2 is 1.45 bits per heavy atom. The van der Waals surface area contributed by atoms with E-state index in [-0.39, 0.29) is 0 Å². The van der Waals surface area contributed by atoms with E-state index in [1.807, 2.05) is 42.5 Å². The number of hydrogen-bond donors (Lipinski definition) is 0. The van der Waals surface area contributed by atoms with Gasteiger partial charge in [-0.25, -0.2) is 0 Å². The van der Waals surface area contributed by atoms with Crippen molar-refractivity contribution >= 4 is 6.47 Å². The van der Waals surface area contributed by atoms with Crippen LogP contribution in [0.2, 0.25) is 0 Å². The summed E-state index contributed by atoms with van der Waals surface area (Å²) in [5, 5.41) is 0. The SMILES string of the molecule is O=COCCc1ccc(OCCc2ccccc2)cc1. The van der Waals surface area contributed by atoms with Crippen LogP contribution < -0.4 is 4.74 Å². The molecule has 0 aliphatic carbocycles. The van der Waals surface area contributed by atoms with Crippen molar-refractivity contribution in [1.82, 2.24) is 0 Å². The molecule has 3 nitrogen and oxygen atoms in total. The second kappa shape index (κ2) is 8.00. The molecular weight excluding hydrogens is 252 g/mol. The van der Waals surface area contributed by atoms with Gasteiger partial charge in [-0.05, 0) is 23.3 Å². The second-order valence-corrected chi connectivity index (χ2v) is 4.45. The molecule has 0 saturated carbocycles. The van der Waals surface area contributed by atoms with Crippen molar-refractivity contribution in [1.29, 1.82) is 0 Å². The molecule has 2 aromatic rings. The largest absolute Gasteiger partial charge is 0.493 e. The minimum absolute atomic E-state index is 0.414. The first-order valence-corrected chi connectivity index (χ1v) is 6.69. The maximum absolute atomic E-state index is 10.0. The molecule has 0 aliphatic rings. The quantitative estimate of drug-likeness (QED) is 0.546. The summed E-state index contributed by atoms with van der Waals surface area (Å²) in [7, 11) is 0. The number of carbonyl (C=O) groups is 1. The first-order chi connectivity index (χ1) is 9.88. The smallest absolute Gasteiger partial charge is 0.293 e. The standard InChI is InChI=1S/C17H18O3/c18-14-19-12-10-16-6-8-17(9-7-16)20-13-11-15-4-2-1-3-5-15/h1-9,14H,10-13H2. The molecule has 0 atom stereocenters. The van der Waals surface area contributed by atoms with Gasteiger partial charge in [-0.2, -0.15) is 0 Å². The third-order valence-electron chi connectivity index (χ3n) is 3.00. The minimum atomic E-state index is 0.414. The second-order valence-electron chi connectivity index (χ2n) is 4.45. The highest BCUT2D eigenvalue weighted by molar-refractivity contribution is 5.37. The molecule has 2 aromatic carbocycles. The van der Waals surface area contributed by atoms with Crippen molar-refractivity contribution in [2.45, 2.75) is 12.8 Å². The number of hydrogen-bond acceptors (Lipinski definition) is 3. The van der Waals surface area contributed by atoms with E-state index in [0.717, 1.165) is 24.2 Å². The first-order valence-electron chi connectivity index (χ1n) is 6.69. The van der Waals surface area contributed by atoms with Gasteiger partial charge in [0.25, 0.3) is 6.47 Å². The predicted molar refractivity (Wildman–Crippen MR) is 77.8 cm³/mol. The Morgan fingerprint density at radius 1 is 0.800 bits per heavy atom. The molecule has 0 heterocycles. The van der Waals surface area contributed by atoms with Gasteiger partial charge in [0.1, 0.15) is 5.75 Å². The Balaban J connectivity index is 1.74. The van der Waals surface area contributed by atoms with Crippen molar-refractivity contribution in [2.75, 3.05) is 13.2 Å². The fourth-order valence-electron chi connectivity index (χ4n) is 1.91. The first kappa shape index (κ1) is 14.1. The average molecular weight is 270 g/mol. The summed E-state index contributed by atoms with van der Waals surface area (Å²) < 4.78 is 10.4. The van der Waals surface area contributed by atoms with Gasteiger partial charge in [-0.3, -0.25) is 4.79 Å². The Morgan fingerprint density at radius 3 is 2.15 bits per heavy atom. The van der Waals surface area contributed by atoms with E-state index in [2.05, 4.69) is 16.9 Å². The summed E-state index contributed by atoms with van der Waals surface area (Å²) in [6.45, 7) is 1.55. The Bertz CT molecular complexity index is 506. The maximum Gasteiger partial charge on any atom is 0.293 e. The lowest BCUT2D eigenvalue weighted by molar-refractivity contribution is -0.128. The number of rotatable bonds is 8. The molecule has 0 saturated heterocycles. The van der Waals surface area contributed by atoms with Crippen molar-refractivity contribution in [3.8, 4) is 5.75 Å². The van der Waals surface area contributed by atoms with Crippen LogP contribution in [-0.2, 0) is 22.4 Å². The molecule has 0 spiro atoms. The number of carbonyl (C=O) groups excluding carboxylic acids is 1. The molecule has 0 aliphatic heterocycles. The average Bonchev–Trinajstić information content (AvgIpc) is 2.50. The van der Waals surface area contributed by atoms with Crippen LogP contribution in [0.4, 0.5) is 0 Å². The Kier molecular flexibility index (Phi) is 5.65. The van der Waals surface area contributed by atoms with Crippen LogP contribution in [0.25, 0.3) is 0 Å². The summed E-state index contributed by atoms with van der Waals surface area (Å²) >= 11 is 0. The van der Waals surface area contributed by atoms with Crippen LogP contribution in [0.3, 0.4) is 0 Å². The lowest BCUT2D eigenvalue weighted by Crippen LogP contribution is -2.01. The molecule has 104 valence electrons. The Hall–Kier alpha value is -2.29. The van der Waals surface area contributed by atoms with Crippen LogP contribution in [0.1, 0.15) is 11.1 Å². The molecule has 2 rings (SSSR count). The molecule has 0 bridgehead atoms. The van der Waals surface area contributed by atoms with E-state index in [4.69, 9.17) is 4.74 Å². The molecule has 3 heteroatoms. The van der Waals surface area contributed by atoms with Gasteiger partial charge < -0.3 is 9.47 Å². The van der Waals surface area contributed by atoms with Crippen LogP contribution >= 0.6 is 0 Å². The highest BCUT2D eigenvalue weighted by atomic mass is 16.5. The third kappa shape index (κ3) is 4.76. The number of benzene rings is 2. The Labute approximate surface area is 119 Å². The van der Waals surface area contributed by atoms with Crippen LogP contribution in [0.15, 0.2) is 54.6 Å². The van der Waals surface area contributed by atoms with E-state index in [1.54, 1.807) is 0 Å². The normalized spacial score (nSPS) is 10.0. The highest BCUT2D eigenvalue weighted by Crippen LogP contribution is 2.13. The predicted octanol–water partition coefficient (Wildman–Crippen LogP) is 3.02. The van der Waals surface area contributed by atoms with Gasteiger partial charge in [-0.15, -0.1) is 0 Å². The zero-order valence-corrected chi connectivity index (χ0v) is 11.3. The van der Waals surface area contributed by atoms with E-state index >= 15 is 0 Å². The number of ether oxygens (including phenoxy) is 2. The molecule has 0 amide bonds. The zero-order valence-electron chi connectivity index (χ0n) is 11.3. The molecule has 0 aromatic heterocycles.